The third kappa shape index (κ3) is 32.7. The van der Waals surface area contributed by atoms with E-state index in [9.17, 15) is 14.4 Å². The summed E-state index contributed by atoms with van der Waals surface area (Å²) in [4.78, 5) is 39.3. The second-order valence-corrected chi connectivity index (χ2v) is 11.8. The largest absolute Gasteiger partial charge is 0.377 e. The van der Waals surface area contributed by atoms with E-state index in [0.29, 0.717) is 119 Å². The van der Waals surface area contributed by atoms with E-state index in [2.05, 4.69) is 33.7 Å². The highest BCUT2D eigenvalue weighted by Gasteiger charge is 2.16. The molecule has 0 atom stereocenters. The van der Waals surface area contributed by atoms with E-state index in [1.807, 2.05) is 0 Å². The molecule has 0 spiro atoms. The zero-order valence-corrected chi connectivity index (χ0v) is 34.7. The molecule has 18 heteroatoms. The van der Waals surface area contributed by atoms with Crippen LogP contribution in [0.15, 0.2) is 18.2 Å². The minimum Gasteiger partial charge on any atom is -0.377 e. The normalized spacial score (nSPS) is 10.8. The highest BCUT2D eigenvalue weighted by Crippen LogP contribution is 2.12. The molecule has 0 unspecified atom stereocenters. The first-order valence-electron chi connectivity index (χ1n) is 19.8. The van der Waals surface area contributed by atoms with E-state index in [0.717, 1.165) is 0 Å². The molecular formula is C42H63N3O15. The monoisotopic (exact) mass is 849 g/mol. The first-order chi connectivity index (χ1) is 29.5. The van der Waals surface area contributed by atoms with Gasteiger partial charge in [-0.3, -0.25) is 14.4 Å². The Kier molecular flexibility index (Phi) is 37.3. The van der Waals surface area contributed by atoms with E-state index in [1.54, 1.807) is 0 Å². The van der Waals surface area contributed by atoms with Crippen molar-refractivity contribution in [1.82, 2.24) is 16.0 Å². The van der Waals surface area contributed by atoms with Gasteiger partial charge in [-0.25, -0.2) is 0 Å². The van der Waals surface area contributed by atoms with Crippen molar-refractivity contribution >= 4 is 17.7 Å². The van der Waals surface area contributed by atoms with Crippen LogP contribution < -0.4 is 16.0 Å². The Morgan fingerprint density at radius 2 is 0.517 bits per heavy atom. The zero-order valence-electron chi connectivity index (χ0n) is 34.7. The first kappa shape index (κ1) is 53.8. The maximum Gasteiger partial charge on any atom is 0.251 e. The molecule has 1 aromatic carbocycles. The number of hydrogen-bond donors (Lipinski definition) is 3. The molecule has 0 aliphatic heterocycles. The molecule has 0 fully saturated rings. The molecule has 3 amide bonds. The fraction of sp³-hybridized carbons (Fsp3) is 0.643. The van der Waals surface area contributed by atoms with Gasteiger partial charge in [0.05, 0.1) is 139 Å². The summed E-state index contributed by atoms with van der Waals surface area (Å²) in [6.07, 6.45) is 15.3. The Morgan fingerprint density at radius 1 is 0.333 bits per heavy atom. The summed E-state index contributed by atoms with van der Waals surface area (Å²) in [6, 6.07) is 4.25. The van der Waals surface area contributed by atoms with Crippen molar-refractivity contribution in [3.05, 3.63) is 34.9 Å². The summed E-state index contributed by atoms with van der Waals surface area (Å²) in [5.41, 5.74) is 0.363. The lowest BCUT2D eigenvalue weighted by Gasteiger charge is -2.12. The van der Waals surface area contributed by atoms with Crippen molar-refractivity contribution in [3.63, 3.8) is 0 Å². The van der Waals surface area contributed by atoms with Crippen LogP contribution in [0, 0.1) is 37.0 Å². The molecule has 0 saturated heterocycles. The maximum absolute atomic E-state index is 13.1. The average Bonchev–Trinajstić information content (AvgIpc) is 3.26. The molecule has 0 aromatic heterocycles. The van der Waals surface area contributed by atoms with Gasteiger partial charge in [0.15, 0.2) is 0 Å². The van der Waals surface area contributed by atoms with Crippen molar-refractivity contribution in [3.8, 4) is 37.0 Å². The van der Waals surface area contributed by atoms with Crippen molar-refractivity contribution in [2.75, 3.05) is 178 Å². The Morgan fingerprint density at radius 3 is 0.717 bits per heavy atom. The number of terminal acetylenes is 3. The number of carbonyl (C=O) groups excluding carboxylic acids is 3. The minimum absolute atomic E-state index is 0.121. The molecule has 1 aromatic rings. The summed E-state index contributed by atoms with van der Waals surface area (Å²) in [5, 5.41) is 8.25. The average molecular weight is 850 g/mol. The van der Waals surface area contributed by atoms with Gasteiger partial charge in [0.1, 0.15) is 19.8 Å². The number of benzene rings is 1. The molecule has 0 bridgehead atoms. The van der Waals surface area contributed by atoms with E-state index in [4.69, 9.17) is 76.1 Å². The molecular weight excluding hydrogens is 786 g/mol. The summed E-state index contributed by atoms with van der Waals surface area (Å²) in [7, 11) is 0. The molecule has 0 aliphatic carbocycles. The number of carbonyl (C=O) groups is 3. The summed E-state index contributed by atoms with van der Waals surface area (Å²) < 4.78 is 64.4. The van der Waals surface area contributed by atoms with E-state index in [-0.39, 0.29) is 76.0 Å². The van der Waals surface area contributed by atoms with Gasteiger partial charge in [-0.1, -0.05) is 17.8 Å². The van der Waals surface area contributed by atoms with E-state index < -0.39 is 17.7 Å². The SMILES string of the molecule is C#CCOCCOCCOCCOCCNC(=O)c1cc(C(=O)NCCOCCOCCOCCOCC#C)cc(C(=O)NCCOCCOCCOCCOCC#C)c1. The molecule has 0 heterocycles. The van der Waals surface area contributed by atoms with Crippen LogP contribution in [0.25, 0.3) is 0 Å². The van der Waals surface area contributed by atoms with Gasteiger partial charge in [0, 0.05) is 36.3 Å². The van der Waals surface area contributed by atoms with Gasteiger partial charge >= 0.3 is 0 Å². The number of hydrogen-bond acceptors (Lipinski definition) is 15. The molecule has 3 N–H and O–H groups in total. The van der Waals surface area contributed by atoms with Crippen LogP contribution in [0.5, 0.6) is 0 Å². The lowest BCUT2D eigenvalue weighted by Crippen LogP contribution is -2.31. The Bertz CT molecular complexity index is 1210. The van der Waals surface area contributed by atoms with Gasteiger partial charge in [-0.15, -0.1) is 19.3 Å². The number of amides is 3. The van der Waals surface area contributed by atoms with E-state index >= 15 is 0 Å². The standard InChI is InChI=1S/C42H63N3O15/c1-4-10-49-16-22-55-28-31-58-25-19-52-13-7-43-40(46)37-34-38(41(47)44-8-14-53-20-26-59-32-29-56-23-17-50-11-5-2)36-39(35-37)42(48)45-9-15-54-21-27-60-33-30-57-24-18-51-12-6-3/h1-3,34-36H,7-33H2,(H,43,46)(H,44,47)(H,45,48). The molecule has 336 valence electrons. The van der Waals surface area contributed by atoms with Crippen LogP contribution in [0.4, 0.5) is 0 Å². The van der Waals surface area contributed by atoms with Gasteiger partial charge in [-0.2, -0.15) is 0 Å². The van der Waals surface area contributed by atoms with E-state index in [1.165, 1.54) is 18.2 Å². The first-order valence-corrected chi connectivity index (χ1v) is 19.8. The van der Waals surface area contributed by atoms with Crippen LogP contribution in [-0.2, 0) is 56.8 Å². The van der Waals surface area contributed by atoms with Crippen LogP contribution >= 0.6 is 0 Å². The maximum atomic E-state index is 13.1. The van der Waals surface area contributed by atoms with Gasteiger partial charge in [-0.05, 0) is 18.2 Å². The zero-order chi connectivity index (χ0) is 43.4. The van der Waals surface area contributed by atoms with Gasteiger partial charge in [0.2, 0.25) is 0 Å². The molecule has 0 aliphatic rings. The van der Waals surface area contributed by atoms with Crippen LogP contribution in [0.3, 0.4) is 0 Å². The Balaban J connectivity index is 2.49. The van der Waals surface area contributed by atoms with Crippen molar-refractivity contribution in [2.45, 2.75) is 0 Å². The third-order valence-corrected chi connectivity index (χ3v) is 7.22. The van der Waals surface area contributed by atoms with Crippen molar-refractivity contribution in [2.24, 2.45) is 0 Å². The lowest BCUT2D eigenvalue weighted by atomic mass is 10.0. The molecule has 18 nitrogen and oxygen atoms in total. The van der Waals surface area contributed by atoms with Gasteiger partial charge in [0.25, 0.3) is 17.7 Å². The smallest absolute Gasteiger partial charge is 0.251 e. The topological polar surface area (TPSA) is 198 Å². The predicted molar refractivity (Wildman–Crippen MR) is 220 cm³/mol. The fourth-order valence-corrected chi connectivity index (χ4v) is 4.41. The second kappa shape index (κ2) is 41.6. The molecule has 0 saturated carbocycles. The minimum atomic E-state index is -0.487. The quantitative estimate of drug-likeness (QED) is 0.0586. The number of rotatable bonds is 42. The molecule has 60 heavy (non-hydrogen) atoms. The van der Waals surface area contributed by atoms with Crippen LogP contribution in [0.1, 0.15) is 31.1 Å². The Labute approximate surface area is 354 Å². The predicted octanol–water partition coefficient (Wildman–Crippen LogP) is -0.0252. The molecule has 0 radical (unpaired) electrons. The van der Waals surface area contributed by atoms with Crippen LogP contribution in [0.2, 0.25) is 0 Å². The summed E-state index contributed by atoms with van der Waals surface area (Å²) in [6.45, 7) is 8.87. The Hall–Kier alpha value is -4.17. The third-order valence-electron chi connectivity index (χ3n) is 7.22. The fourth-order valence-electron chi connectivity index (χ4n) is 4.41. The molecule has 1 rings (SSSR count). The van der Waals surface area contributed by atoms with Crippen molar-refractivity contribution in [1.29, 1.82) is 0 Å². The van der Waals surface area contributed by atoms with Gasteiger partial charge < -0.3 is 72.8 Å². The van der Waals surface area contributed by atoms with Crippen LogP contribution in [-0.4, -0.2) is 196 Å². The highest BCUT2D eigenvalue weighted by atomic mass is 16.6. The highest BCUT2D eigenvalue weighted by molar-refractivity contribution is 6.04. The van der Waals surface area contributed by atoms with Crippen molar-refractivity contribution < 1.29 is 71.2 Å². The summed E-state index contributed by atoms with van der Waals surface area (Å²) >= 11 is 0. The summed E-state index contributed by atoms with van der Waals surface area (Å²) in [5.74, 6) is 5.68. The number of ether oxygens (including phenoxy) is 12. The second-order valence-electron chi connectivity index (χ2n) is 11.8. The number of nitrogens with one attached hydrogen (secondary N) is 3. The lowest BCUT2D eigenvalue weighted by molar-refractivity contribution is 0.00175.